The second kappa shape index (κ2) is 8.08. The molecule has 0 aliphatic carbocycles. The Labute approximate surface area is 134 Å². The first kappa shape index (κ1) is 16.7. The minimum atomic E-state index is -1.04. The molecule has 1 atom stereocenters. The maximum absolute atomic E-state index is 12.9. The van der Waals surface area contributed by atoms with Gasteiger partial charge in [-0.15, -0.1) is 0 Å². The number of rotatable bonds is 6. The van der Waals surface area contributed by atoms with Gasteiger partial charge in [0.1, 0.15) is 5.82 Å². The normalized spacial score (nSPS) is 11.6. The Kier molecular flexibility index (Phi) is 5.86. The van der Waals surface area contributed by atoms with Crippen LogP contribution in [0.1, 0.15) is 31.4 Å². The van der Waals surface area contributed by atoms with Gasteiger partial charge in [0, 0.05) is 17.7 Å². The third-order valence-corrected chi connectivity index (χ3v) is 3.16. The van der Waals surface area contributed by atoms with Crippen molar-refractivity contribution >= 4 is 17.6 Å². The number of carbonyl (C=O) groups is 2. The largest absolute Gasteiger partial charge is 0.447 e. The standard InChI is InChI=1S/C18H18FNO3/c1-2-6-16(21)23-17(13-7-4-3-5-8-13)18(22)20-15-11-9-14(19)10-12-15/h3-5,7-12,17H,2,6H2,1H3,(H,20,22)/t17-/m0/s1. The summed E-state index contributed by atoms with van der Waals surface area (Å²) >= 11 is 0. The lowest BCUT2D eigenvalue weighted by atomic mass is 10.1. The van der Waals surface area contributed by atoms with Crippen LogP contribution >= 0.6 is 0 Å². The minimum absolute atomic E-state index is 0.243. The number of ether oxygens (including phenoxy) is 1. The molecule has 0 saturated carbocycles. The van der Waals surface area contributed by atoms with Crippen LogP contribution in [0.25, 0.3) is 0 Å². The molecule has 0 radical (unpaired) electrons. The van der Waals surface area contributed by atoms with E-state index in [2.05, 4.69) is 5.32 Å². The van der Waals surface area contributed by atoms with E-state index in [0.29, 0.717) is 17.7 Å². The second-order valence-corrected chi connectivity index (χ2v) is 5.03. The van der Waals surface area contributed by atoms with E-state index in [0.717, 1.165) is 0 Å². The van der Waals surface area contributed by atoms with Gasteiger partial charge in [0.15, 0.2) is 0 Å². The fourth-order valence-corrected chi connectivity index (χ4v) is 2.04. The number of nitrogens with one attached hydrogen (secondary N) is 1. The molecule has 0 unspecified atom stereocenters. The summed E-state index contributed by atoms with van der Waals surface area (Å²) in [5.41, 5.74) is 1.01. The lowest BCUT2D eigenvalue weighted by Crippen LogP contribution is -2.25. The highest BCUT2D eigenvalue weighted by Crippen LogP contribution is 2.21. The van der Waals surface area contributed by atoms with E-state index in [4.69, 9.17) is 4.74 Å². The summed E-state index contributed by atoms with van der Waals surface area (Å²) < 4.78 is 18.2. The summed E-state index contributed by atoms with van der Waals surface area (Å²) in [6.07, 6.45) is -0.159. The molecule has 1 N–H and O–H groups in total. The number of anilines is 1. The van der Waals surface area contributed by atoms with Crippen molar-refractivity contribution in [2.24, 2.45) is 0 Å². The van der Waals surface area contributed by atoms with Crippen LogP contribution in [0.4, 0.5) is 10.1 Å². The monoisotopic (exact) mass is 315 g/mol. The number of hydrogen-bond donors (Lipinski definition) is 1. The van der Waals surface area contributed by atoms with E-state index in [1.807, 2.05) is 13.0 Å². The Hall–Kier alpha value is -2.69. The maximum atomic E-state index is 12.9. The molecule has 0 heterocycles. The number of carbonyl (C=O) groups excluding carboxylic acids is 2. The van der Waals surface area contributed by atoms with E-state index in [1.165, 1.54) is 24.3 Å². The van der Waals surface area contributed by atoms with E-state index in [-0.39, 0.29) is 6.42 Å². The number of esters is 1. The van der Waals surface area contributed by atoms with E-state index in [9.17, 15) is 14.0 Å². The summed E-state index contributed by atoms with van der Waals surface area (Å²) in [7, 11) is 0. The molecule has 0 bridgehead atoms. The number of hydrogen-bond acceptors (Lipinski definition) is 3. The van der Waals surface area contributed by atoms with Crippen molar-refractivity contribution in [3.63, 3.8) is 0 Å². The third-order valence-electron chi connectivity index (χ3n) is 3.16. The molecule has 4 nitrogen and oxygen atoms in total. The zero-order valence-corrected chi connectivity index (χ0v) is 12.8. The van der Waals surface area contributed by atoms with E-state index in [1.54, 1.807) is 24.3 Å². The molecule has 2 aromatic rings. The van der Waals surface area contributed by atoms with Gasteiger partial charge >= 0.3 is 5.97 Å². The summed E-state index contributed by atoms with van der Waals surface area (Å²) in [5.74, 6) is -1.31. The summed E-state index contributed by atoms with van der Waals surface area (Å²) in [4.78, 5) is 24.2. The Morgan fingerprint density at radius 1 is 1.09 bits per heavy atom. The molecule has 0 aliphatic heterocycles. The third kappa shape index (κ3) is 4.92. The van der Waals surface area contributed by atoms with Crippen LogP contribution < -0.4 is 5.32 Å². The van der Waals surface area contributed by atoms with Crippen LogP contribution in [0.2, 0.25) is 0 Å². The molecule has 2 rings (SSSR count). The molecule has 120 valence electrons. The Balaban J connectivity index is 2.16. The quantitative estimate of drug-likeness (QED) is 0.824. The van der Waals surface area contributed by atoms with Crippen LogP contribution in [0.3, 0.4) is 0 Å². The first-order chi connectivity index (χ1) is 11.1. The van der Waals surface area contributed by atoms with Crippen molar-refractivity contribution in [1.29, 1.82) is 0 Å². The van der Waals surface area contributed by atoms with Gasteiger partial charge in [-0.2, -0.15) is 0 Å². The molecule has 2 aromatic carbocycles. The summed E-state index contributed by atoms with van der Waals surface area (Å²) in [6, 6.07) is 14.2. The Bertz CT molecular complexity index is 656. The number of halogens is 1. The highest BCUT2D eigenvalue weighted by molar-refractivity contribution is 5.96. The zero-order valence-electron chi connectivity index (χ0n) is 12.8. The van der Waals surface area contributed by atoms with Crippen molar-refractivity contribution < 1.29 is 18.7 Å². The van der Waals surface area contributed by atoms with Crippen LogP contribution in [0, 0.1) is 5.82 Å². The van der Waals surface area contributed by atoms with Gasteiger partial charge in [-0.1, -0.05) is 37.3 Å². The van der Waals surface area contributed by atoms with Gasteiger partial charge in [-0.25, -0.2) is 4.39 Å². The lowest BCUT2D eigenvalue weighted by molar-refractivity contribution is -0.154. The van der Waals surface area contributed by atoms with Crippen LogP contribution in [-0.2, 0) is 14.3 Å². The van der Waals surface area contributed by atoms with Crippen molar-refractivity contribution in [3.8, 4) is 0 Å². The fourth-order valence-electron chi connectivity index (χ4n) is 2.04. The van der Waals surface area contributed by atoms with Gasteiger partial charge in [-0.05, 0) is 30.7 Å². The molecule has 0 saturated heterocycles. The average Bonchev–Trinajstić information content (AvgIpc) is 2.56. The molecule has 0 aromatic heterocycles. The van der Waals surface area contributed by atoms with Gasteiger partial charge in [0.05, 0.1) is 0 Å². The van der Waals surface area contributed by atoms with Crippen molar-refractivity contribution in [1.82, 2.24) is 0 Å². The van der Waals surface area contributed by atoms with Gasteiger partial charge in [0.2, 0.25) is 6.10 Å². The van der Waals surface area contributed by atoms with Gasteiger partial charge in [0.25, 0.3) is 5.91 Å². The predicted molar refractivity (Wildman–Crippen MR) is 85.2 cm³/mol. The van der Waals surface area contributed by atoms with E-state index >= 15 is 0 Å². The maximum Gasteiger partial charge on any atom is 0.306 e. The summed E-state index contributed by atoms with van der Waals surface area (Å²) in [6.45, 7) is 1.86. The Morgan fingerprint density at radius 3 is 2.35 bits per heavy atom. The zero-order chi connectivity index (χ0) is 16.7. The molecule has 0 spiro atoms. The molecule has 1 amide bonds. The minimum Gasteiger partial charge on any atom is -0.447 e. The van der Waals surface area contributed by atoms with E-state index < -0.39 is 23.8 Å². The lowest BCUT2D eigenvalue weighted by Gasteiger charge is -2.18. The highest BCUT2D eigenvalue weighted by atomic mass is 19.1. The van der Waals surface area contributed by atoms with Gasteiger partial charge < -0.3 is 10.1 Å². The molecule has 23 heavy (non-hydrogen) atoms. The SMILES string of the molecule is CCCC(=O)O[C@H](C(=O)Nc1ccc(F)cc1)c1ccccc1. The fraction of sp³-hybridized carbons (Fsp3) is 0.222. The average molecular weight is 315 g/mol. The first-order valence-electron chi connectivity index (χ1n) is 7.41. The molecular weight excluding hydrogens is 297 g/mol. The number of benzene rings is 2. The van der Waals surface area contributed by atoms with Gasteiger partial charge in [-0.3, -0.25) is 9.59 Å². The topological polar surface area (TPSA) is 55.4 Å². The van der Waals surface area contributed by atoms with Crippen molar-refractivity contribution in [3.05, 3.63) is 66.0 Å². The smallest absolute Gasteiger partial charge is 0.306 e. The summed E-state index contributed by atoms with van der Waals surface area (Å²) in [5, 5.41) is 2.63. The highest BCUT2D eigenvalue weighted by Gasteiger charge is 2.24. The predicted octanol–water partition coefficient (Wildman–Crippen LogP) is 3.85. The molecular formula is C18H18FNO3. The molecule has 5 heteroatoms. The second-order valence-electron chi connectivity index (χ2n) is 5.03. The van der Waals surface area contributed by atoms with Crippen molar-refractivity contribution in [2.75, 3.05) is 5.32 Å². The molecule has 0 fully saturated rings. The molecule has 0 aliphatic rings. The van der Waals surface area contributed by atoms with Crippen LogP contribution in [0.15, 0.2) is 54.6 Å². The van der Waals surface area contributed by atoms with Crippen LogP contribution in [0.5, 0.6) is 0 Å². The van der Waals surface area contributed by atoms with Crippen LogP contribution in [-0.4, -0.2) is 11.9 Å². The first-order valence-corrected chi connectivity index (χ1v) is 7.41. The Morgan fingerprint density at radius 2 is 1.74 bits per heavy atom. The van der Waals surface area contributed by atoms with Crippen molar-refractivity contribution in [2.45, 2.75) is 25.9 Å². The number of amides is 1.